The third kappa shape index (κ3) is 3.59. The minimum Gasteiger partial charge on any atom is -0.393 e. The molecule has 30 heavy (non-hydrogen) atoms. The molecule has 0 spiro atoms. The van der Waals surface area contributed by atoms with Gasteiger partial charge in [-0.25, -0.2) is 0 Å². The van der Waals surface area contributed by atoms with Crippen molar-refractivity contribution in [2.75, 3.05) is 5.75 Å². The van der Waals surface area contributed by atoms with Gasteiger partial charge in [0, 0.05) is 22.8 Å². The molecule has 4 aliphatic rings. The van der Waals surface area contributed by atoms with E-state index in [-0.39, 0.29) is 16.9 Å². The average Bonchev–Trinajstić information content (AvgIpc) is 3.06. The maximum Gasteiger partial charge on any atom is 0.133 e. The van der Waals surface area contributed by atoms with Crippen molar-refractivity contribution in [3.05, 3.63) is 40.9 Å². The maximum absolute atomic E-state index is 12.7. The minimum atomic E-state index is -0.151. The van der Waals surface area contributed by atoms with Crippen LogP contribution in [0.5, 0.6) is 0 Å². The van der Waals surface area contributed by atoms with E-state index in [9.17, 15) is 9.90 Å². The van der Waals surface area contributed by atoms with Gasteiger partial charge in [0.25, 0.3) is 0 Å². The van der Waals surface area contributed by atoms with Crippen LogP contribution in [0.2, 0.25) is 5.02 Å². The summed E-state index contributed by atoms with van der Waals surface area (Å²) in [5, 5.41) is 11.0. The van der Waals surface area contributed by atoms with Gasteiger partial charge >= 0.3 is 0 Å². The molecule has 0 bridgehead atoms. The Kier molecular flexibility index (Phi) is 5.61. The highest BCUT2D eigenvalue weighted by Gasteiger charge is 2.58. The van der Waals surface area contributed by atoms with Crippen LogP contribution in [0.4, 0.5) is 0 Å². The number of halogens is 1. The van der Waals surface area contributed by atoms with E-state index in [4.69, 9.17) is 11.6 Å². The number of allylic oxidation sites excluding steroid dienone is 1. The number of benzene rings is 1. The second-order valence-corrected chi connectivity index (χ2v) is 12.1. The first kappa shape index (κ1) is 21.1. The van der Waals surface area contributed by atoms with Crippen LogP contribution in [0, 0.1) is 28.6 Å². The topological polar surface area (TPSA) is 37.3 Å². The molecule has 0 aliphatic heterocycles. The lowest BCUT2D eigenvalue weighted by Gasteiger charge is -2.57. The Morgan fingerprint density at radius 2 is 1.93 bits per heavy atom. The van der Waals surface area contributed by atoms with E-state index in [1.54, 1.807) is 0 Å². The number of fused-ring (bicyclic) bond motifs is 5. The molecule has 3 saturated carbocycles. The van der Waals surface area contributed by atoms with Gasteiger partial charge in [-0.05, 0) is 104 Å². The van der Waals surface area contributed by atoms with Crippen LogP contribution >= 0.6 is 23.4 Å². The Morgan fingerprint density at radius 1 is 1.13 bits per heavy atom. The molecule has 1 aromatic carbocycles. The van der Waals surface area contributed by atoms with E-state index in [1.807, 2.05) is 23.9 Å². The lowest BCUT2D eigenvalue weighted by atomic mass is 9.47. The lowest BCUT2D eigenvalue weighted by molar-refractivity contribution is -0.118. The first-order chi connectivity index (χ1) is 14.4. The van der Waals surface area contributed by atoms with E-state index >= 15 is 0 Å². The highest BCUT2D eigenvalue weighted by molar-refractivity contribution is 7.99. The van der Waals surface area contributed by atoms with Crippen molar-refractivity contribution in [1.29, 1.82) is 0 Å². The summed E-state index contributed by atoms with van der Waals surface area (Å²) in [7, 11) is 0. The Labute approximate surface area is 189 Å². The molecule has 0 heterocycles. The zero-order valence-electron chi connectivity index (χ0n) is 17.9. The highest BCUT2D eigenvalue weighted by atomic mass is 35.5. The first-order valence-electron chi connectivity index (χ1n) is 11.7. The number of carbonyl (C=O) groups is 1. The summed E-state index contributed by atoms with van der Waals surface area (Å²) in [4.78, 5) is 14.0. The molecule has 5 rings (SSSR count). The van der Waals surface area contributed by atoms with Gasteiger partial charge in [-0.3, -0.25) is 4.79 Å². The number of Topliss-reactive ketones (excluding diaryl/α,β-unsaturated/α-hetero) is 1. The fraction of sp³-hybridized carbons (Fsp3) is 0.654. The molecule has 0 unspecified atom stereocenters. The van der Waals surface area contributed by atoms with E-state index in [0.29, 0.717) is 23.5 Å². The smallest absolute Gasteiger partial charge is 0.133 e. The molecule has 0 radical (unpaired) electrons. The van der Waals surface area contributed by atoms with Gasteiger partial charge in [0.2, 0.25) is 0 Å². The van der Waals surface area contributed by atoms with Gasteiger partial charge in [-0.2, -0.15) is 0 Å². The van der Waals surface area contributed by atoms with Crippen molar-refractivity contribution in [2.45, 2.75) is 75.7 Å². The summed E-state index contributed by atoms with van der Waals surface area (Å²) in [5.41, 5.74) is 1.98. The van der Waals surface area contributed by atoms with Crippen LogP contribution in [0.3, 0.4) is 0 Å². The molecule has 0 amide bonds. The average molecular weight is 445 g/mol. The predicted molar refractivity (Wildman–Crippen MR) is 124 cm³/mol. The number of carbonyl (C=O) groups excluding carboxylic acids is 1. The van der Waals surface area contributed by atoms with Crippen molar-refractivity contribution in [1.82, 2.24) is 0 Å². The second kappa shape index (κ2) is 7.98. The largest absolute Gasteiger partial charge is 0.393 e. The van der Waals surface area contributed by atoms with Gasteiger partial charge in [0.15, 0.2) is 0 Å². The number of aliphatic hydroxyl groups excluding tert-OH is 1. The summed E-state index contributed by atoms with van der Waals surface area (Å²) >= 11 is 7.93. The molecule has 3 fully saturated rings. The lowest BCUT2D eigenvalue weighted by Crippen LogP contribution is -2.50. The first-order valence-corrected chi connectivity index (χ1v) is 13.0. The number of hydrogen-bond donors (Lipinski definition) is 1. The summed E-state index contributed by atoms with van der Waals surface area (Å²) < 4.78 is 0. The van der Waals surface area contributed by atoms with Crippen molar-refractivity contribution in [3.8, 4) is 0 Å². The molecule has 0 saturated heterocycles. The summed E-state index contributed by atoms with van der Waals surface area (Å²) in [6.45, 7) is 2.46. The Morgan fingerprint density at radius 3 is 2.73 bits per heavy atom. The fourth-order valence-corrected chi connectivity index (χ4v) is 8.73. The van der Waals surface area contributed by atoms with Crippen molar-refractivity contribution < 1.29 is 9.90 Å². The number of hydrogen-bond acceptors (Lipinski definition) is 3. The maximum atomic E-state index is 12.7. The van der Waals surface area contributed by atoms with E-state index in [0.717, 1.165) is 55.7 Å². The molecule has 1 N–H and O–H groups in total. The molecule has 2 nitrogen and oxygen atoms in total. The summed E-state index contributed by atoms with van der Waals surface area (Å²) in [5.74, 6) is 3.47. The molecular weight excluding hydrogens is 412 g/mol. The van der Waals surface area contributed by atoms with Gasteiger partial charge in [-0.1, -0.05) is 30.2 Å². The number of thioether (sulfide) groups is 1. The minimum absolute atomic E-state index is 0.151. The Hall–Kier alpha value is -0.770. The zero-order chi connectivity index (χ0) is 20.9. The van der Waals surface area contributed by atoms with Crippen LogP contribution in [0.25, 0.3) is 0 Å². The Balaban J connectivity index is 1.33. The quantitative estimate of drug-likeness (QED) is 0.415. The molecule has 6 atom stereocenters. The van der Waals surface area contributed by atoms with Crippen LogP contribution in [-0.2, 0) is 4.79 Å². The number of ketones is 1. The van der Waals surface area contributed by atoms with E-state index < -0.39 is 0 Å². The van der Waals surface area contributed by atoms with Crippen molar-refractivity contribution in [3.63, 3.8) is 0 Å². The van der Waals surface area contributed by atoms with Crippen LogP contribution in [0.1, 0.15) is 64.7 Å². The van der Waals surface area contributed by atoms with Crippen molar-refractivity contribution in [2.24, 2.45) is 28.6 Å². The molecule has 1 aromatic rings. The van der Waals surface area contributed by atoms with E-state index in [2.05, 4.69) is 25.1 Å². The van der Waals surface area contributed by atoms with Crippen LogP contribution < -0.4 is 0 Å². The standard InChI is InChI=1S/C26H33ClO2S/c1-25-10-8-19(28)14-17(25)2-7-22-23(25)9-11-26(16-20(29)15-24(22)26)12-13-30-21-5-3-18(27)4-6-21/h2-6,19,22-24,28H,7-16H2,1H3/t19-,22+,23-,24-,25-,26-/m0/s1. The molecule has 4 aliphatic carbocycles. The van der Waals surface area contributed by atoms with Gasteiger partial charge in [0.05, 0.1) is 6.10 Å². The molecular formula is C26H33ClO2S. The SMILES string of the molecule is C[C@]12CC[C@H](O)CC1=CC[C@H]1[C@@H]3CC(=O)C[C@@]3(CCSc3ccc(Cl)cc3)CC[C@@H]12. The Bertz CT molecular complexity index is 849. The van der Waals surface area contributed by atoms with Crippen LogP contribution in [0.15, 0.2) is 40.8 Å². The fourth-order valence-electron chi connectivity index (χ4n) is 7.53. The number of rotatable bonds is 4. The monoisotopic (exact) mass is 444 g/mol. The van der Waals surface area contributed by atoms with Gasteiger partial charge in [0.1, 0.15) is 5.78 Å². The second-order valence-electron chi connectivity index (χ2n) is 10.5. The van der Waals surface area contributed by atoms with Crippen LogP contribution in [-0.4, -0.2) is 22.7 Å². The predicted octanol–water partition coefficient (Wildman–Crippen LogP) is 6.70. The zero-order valence-corrected chi connectivity index (χ0v) is 19.5. The molecule has 162 valence electrons. The van der Waals surface area contributed by atoms with Gasteiger partial charge < -0.3 is 5.11 Å². The van der Waals surface area contributed by atoms with Gasteiger partial charge in [-0.15, -0.1) is 11.8 Å². The molecule has 4 heteroatoms. The highest BCUT2D eigenvalue weighted by Crippen LogP contribution is 2.65. The molecule has 0 aromatic heterocycles. The number of aliphatic hydroxyl groups is 1. The normalized spacial score (nSPS) is 40.4. The summed E-state index contributed by atoms with van der Waals surface area (Å²) in [6.07, 6.45) is 11.5. The third-order valence-electron chi connectivity index (χ3n) is 9.09. The third-order valence-corrected chi connectivity index (χ3v) is 10.4. The van der Waals surface area contributed by atoms with E-state index in [1.165, 1.54) is 23.3 Å². The summed E-state index contributed by atoms with van der Waals surface area (Å²) in [6, 6.07) is 8.13. The van der Waals surface area contributed by atoms with Crippen molar-refractivity contribution >= 4 is 29.1 Å².